The summed E-state index contributed by atoms with van der Waals surface area (Å²) in [6.45, 7) is 2.32. The molecule has 2 atom stereocenters. The molecule has 0 bridgehead atoms. The van der Waals surface area contributed by atoms with Crippen LogP contribution in [0.4, 0.5) is 0 Å². The molecule has 0 N–H and O–H groups in total. The summed E-state index contributed by atoms with van der Waals surface area (Å²) in [7, 11) is 11.2. The number of fused-ring (bicyclic) bond motifs is 2. The van der Waals surface area contributed by atoms with Crippen molar-refractivity contribution in [1.29, 1.82) is 0 Å². The molecule has 4 nitrogen and oxygen atoms in total. The molecular formula is C37H44IN2O2+. The molecule has 2 aliphatic rings. The summed E-state index contributed by atoms with van der Waals surface area (Å²) in [5.41, 5.74) is 8.55. The highest BCUT2D eigenvalue weighted by Gasteiger charge is 2.36. The van der Waals surface area contributed by atoms with Gasteiger partial charge in [-0.1, -0.05) is 66.7 Å². The SMILES string of the molecule is COc1ccc(CC2c3ccccc3CC[N+]2(C)C)cc1Oc1ccc(CC2c3ccccc3CC[N+]2(C)C)cc1.[I-]. The Morgan fingerprint density at radius 1 is 0.619 bits per heavy atom. The van der Waals surface area contributed by atoms with Crippen LogP contribution >= 0.6 is 0 Å². The van der Waals surface area contributed by atoms with Crippen molar-refractivity contribution in [3.63, 3.8) is 0 Å². The summed E-state index contributed by atoms with van der Waals surface area (Å²) in [5.74, 6) is 2.36. The first-order chi connectivity index (χ1) is 19.7. The molecule has 0 aromatic heterocycles. The lowest BCUT2D eigenvalue weighted by Crippen LogP contribution is -3.00. The maximum atomic E-state index is 6.46. The number of hydrogen-bond donors (Lipinski definition) is 0. The van der Waals surface area contributed by atoms with E-state index in [9.17, 15) is 0 Å². The number of hydrogen-bond acceptors (Lipinski definition) is 2. The molecule has 0 radical (unpaired) electrons. The number of quaternary nitrogens is 2. The molecule has 0 fully saturated rings. The van der Waals surface area contributed by atoms with E-state index in [0.29, 0.717) is 12.1 Å². The van der Waals surface area contributed by atoms with Crippen molar-refractivity contribution in [3.8, 4) is 17.2 Å². The fourth-order valence-corrected chi connectivity index (χ4v) is 6.96. The van der Waals surface area contributed by atoms with Gasteiger partial charge in [-0.05, 0) is 46.5 Å². The summed E-state index contributed by atoms with van der Waals surface area (Å²) < 4.78 is 14.2. The van der Waals surface area contributed by atoms with Crippen LogP contribution in [0.25, 0.3) is 0 Å². The van der Waals surface area contributed by atoms with Gasteiger partial charge in [-0.15, -0.1) is 0 Å². The first-order valence-corrected chi connectivity index (χ1v) is 15.0. The number of ether oxygens (including phenoxy) is 2. The Morgan fingerprint density at radius 2 is 1.12 bits per heavy atom. The van der Waals surface area contributed by atoms with E-state index in [4.69, 9.17) is 9.47 Å². The summed E-state index contributed by atoms with van der Waals surface area (Å²) in [6, 6.07) is 33.9. The second kappa shape index (κ2) is 12.4. The summed E-state index contributed by atoms with van der Waals surface area (Å²) in [6.07, 6.45) is 4.26. The van der Waals surface area contributed by atoms with Gasteiger partial charge in [0.1, 0.15) is 17.8 Å². The minimum atomic E-state index is 0. The predicted octanol–water partition coefficient (Wildman–Crippen LogP) is 4.32. The van der Waals surface area contributed by atoms with Crippen molar-refractivity contribution in [2.45, 2.75) is 37.8 Å². The normalized spacial score (nSPS) is 20.0. The second-order valence-electron chi connectivity index (χ2n) is 13.1. The van der Waals surface area contributed by atoms with E-state index in [2.05, 4.69) is 113 Å². The quantitative estimate of drug-likeness (QED) is 0.215. The molecule has 220 valence electrons. The average molecular weight is 676 g/mol. The average Bonchev–Trinajstić information content (AvgIpc) is 2.97. The maximum absolute atomic E-state index is 6.46. The van der Waals surface area contributed by atoms with Gasteiger partial charge >= 0.3 is 0 Å². The third-order valence-corrected chi connectivity index (χ3v) is 9.67. The van der Waals surface area contributed by atoms with E-state index >= 15 is 0 Å². The lowest BCUT2D eigenvalue weighted by molar-refractivity contribution is -0.923. The van der Waals surface area contributed by atoms with Crippen LogP contribution in [0.5, 0.6) is 17.2 Å². The van der Waals surface area contributed by atoms with Crippen molar-refractivity contribution in [3.05, 3.63) is 124 Å². The van der Waals surface area contributed by atoms with E-state index in [0.717, 1.165) is 58.4 Å². The molecule has 6 rings (SSSR count). The van der Waals surface area contributed by atoms with Crippen LogP contribution in [0.1, 0.15) is 45.5 Å². The van der Waals surface area contributed by atoms with Crippen LogP contribution in [-0.2, 0) is 25.7 Å². The van der Waals surface area contributed by atoms with Gasteiger partial charge in [-0.3, -0.25) is 0 Å². The molecule has 0 saturated heterocycles. The van der Waals surface area contributed by atoms with Gasteiger partial charge in [-0.2, -0.15) is 0 Å². The number of nitrogens with zero attached hydrogens (tertiary/aromatic N) is 2. The van der Waals surface area contributed by atoms with E-state index < -0.39 is 0 Å². The first kappa shape index (κ1) is 30.6. The minimum absolute atomic E-state index is 0. The highest BCUT2D eigenvalue weighted by Crippen LogP contribution is 2.39. The van der Waals surface area contributed by atoms with Crippen LogP contribution in [-0.4, -0.2) is 57.4 Å². The molecule has 0 amide bonds. The van der Waals surface area contributed by atoms with E-state index in [-0.39, 0.29) is 24.0 Å². The molecule has 0 saturated carbocycles. The van der Waals surface area contributed by atoms with Gasteiger partial charge < -0.3 is 42.4 Å². The van der Waals surface area contributed by atoms with Gasteiger partial charge in [0.2, 0.25) is 0 Å². The Hall–Kier alpha value is -2.87. The predicted molar refractivity (Wildman–Crippen MR) is 167 cm³/mol. The molecule has 4 aromatic rings. The number of likely N-dealkylation sites (N-methyl/N-ethyl adjacent to an activating group) is 2. The van der Waals surface area contributed by atoms with Crippen LogP contribution in [0, 0.1) is 0 Å². The zero-order valence-electron chi connectivity index (χ0n) is 25.6. The van der Waals surface area contributed by atoms with Gasteiger partial charge in [0.15, 0.2) is 11.5 Å². The standard InChI is InChI=1S/C37H44N2O2.HI/c1-38(2)22-20-29-10-6-8-12-32(29)34(38)24-27-14-17-31(18-15-27)41-37-26-28(16-19-36(37)40-5)25-35-33-13-9-7-11-30(33)21-23-39(35,3)4;/h6-19,26,34-35H,20-25H2,1-5H3;1H/q+2;/p-1. The lowest BCUT2D eigenvalue weighted by Gasteiger charge is -2.43. The van der Waals surface area contributed by atoms with Crippen LogP contribution < -0.4 is 33.5 Å². The Bertz CT molecular complexity index is 1530. The molecule has 2 aliphatic heterocycles. The fraction of sp³-hybridized carbons (Fsp3) is 0.351. The topological polar surface area (TPSA) is 18.5 Å². The molecule has 5 heteroatoms. The smallest absolute Gasteiger partial charge is 0.169 e. The highest BCUT2D eigenvalue weighted by molar-refractivity contribution is 5.46. The van der Waals surface area contributed by atoms with Crippen molar-refractivity contribution in [1.82, 2.24) is 0 Å². The van der Waals surface area contributed by atoms with Crippen LogP contribution in [0.15, 0.2) is 91.0 Å². The third kappa shape index (κ3) is 6.24. The largest absolute Gasteiger partial charge is 1.00 e. The van der Waals surface area contributed by atoms with Crippen molar-refractivity contribution >= 4 is 0 Å². The highest BCUT2D eigenvalue weighted by atomic mass is 127. The molecular weight excluding hydrogens is 631 g/mol. The summed E-state index contributed by atoms with van der Waals surface area (Å²) in [4.78, 5) is 0. The van der Waals surface area contributed by atoms with E-state index in [1.807, 2.05) is 6.07 Å². The van der Waals surface area contributed by atoms with Crippen molar-refractivity contribution in [2.75, 3.05) is 48.4 Å². The molecule has 0 aliphatic carbocycles. The monoisotopic (exact) mass is 675 g/mol. The third-order valence-electron chi connectivity index (χ3n) is 9.67. The van der Waals surface area contributed by atoms with Crippen molar-refractivity contribution < 1.29 is 42.4 Å². The minimum Gasteiger partial charge on any atom is -1.00 e. The first-order valence-electron chi connectivity index (χ1n) is 15.0. The summed E-state index contributed by atoms with van der Waals surface area (Å²) in [5, 5.41) is 0. The van der Waals surface area contributed by atoms with Crippen LogP contribution in [0.3, 0.4) is 0 Å². The zero-order valence-corrected chi connectivity index (χ0v) is 27.8. The van der Waals surface area contributed by atoms with E-state index in [1.165, 1.54) is 39.9 Å². The Labute approximate surface area is 269 Å². The molecule has 42 heavy (non-hydrogen) atoms. The van der Waals surface area contributed by atoms with E-state index in [1.54, 1.807) is 7.11 Å². The van der Waals surface area contributed by atoms with Gasteiger partial charge in [0.25, 0.3) is 0 Å². The summed E-state index contributed by atoms with van der Waals surface area (Å²) >= 11 is 0. The van der Waals surface area contributed by atoms with Gasteiger partial charge in [0, 0.05) is 36.8 Å². The lowest BCUT2D eigenvalue weighted by atomic mass is 9.87. The Kier molecular flexibility index (Phi) is 9.02. The van der Waals surface area contributed by atoms with Gasteiger partial charge in [-0.25, -0.2) is 0 Å². The number of rotatable bonds is 7. The number of benzene rings is 4. The Balaban J connectivity index is 0.00000353. The maximum Gasteiger partial charge on any atom is 0.169 e. The fourth-order valence-electron chi connectivity index (χ4n) is 6.96. The zero-order chi connectivity index (χ0) is 28.6. The molecule has 2 heterocycles. The van der Waals surface area contributed by atoms with Gasteiger partial charge in [0.05, 0.1) is 48.4 Å². The second-order valence-corrected chi connectivity index (χ2v) is 13.1. The van der Waals surface area contributed by atoms with Crippen molar-refractivity contribution in [2.24, 2.45) is 0 Å². The van der Waals surface area contributed by atoms with Crippen LogP contribution in [0.2, 0.25) is 0 Å². The molecule has 0 spiro atoms. The number of methoxy groups -OCH3 is 1. The Morgan fingerprint density at radius 3 is 1.67 bits per heavy atom. The number of halogens is 1. The molecule has 2 unspecified atom stereocenters. The molecule has 4 aromatic carbocycles.